The molecule has 29 heavy (non-hydrogen) atoms. The molecule has 1 saturated heterocycles. The van der Waals surface area contributed by atoms with Crippen molar-refractivity contribution in [3.8, 4) is 6.07 Å². The molecule has 8 nitrogen and oxygen atoms in total. The highest BCUT2D eigenvalue weighted by Crippen LogP contribution is 2.22. The van der Waals surface area contributed by atoms with Crippen LogP contribution in [0.25, 0.3) is 0 Å². The quantitative estimate of drug-likeness (QED) is 0.762. The van der Waals surface area contributed by atoms with Gasteiger partial charge in [0.05, 0.1) is 0 Å². The Hall–Kier alpha value is -3.54. The van der Waals surface area contributed by atoms with Crippen LogP contribution >= 0.6 is 0 Å². The fourth-order valence-electron chi connectivity index (χ4n) is 3.17. The molecule has 0 atom stereocenters. The minimum atomic E-state index is -0.830. The Morgan fingerprint density at radius 1 is 1.24 bits per heavy atom. The monoisotopic (exact) mass is 396 g/mol. The van der Waals surface area contributed by atoms with Crippen molar-refractivity contribution in [2.45, 2.75) is 19.8 Å². The maximum absolute atomic E-state index is 13.5. The van der Waals surface area contributed by atoms with Gasteiger partial charge in [-0.2, -0.15) is 5.26 Å². The van der Waals surface area contributed by atoms with E-state index in [4.69, 9.17) is 5.26 Å². The summed E-state index contributed by atoms with van der Waals surface area (Å²) in [7, 11) is 0. The molecule has 0 radical (unpaired) electrons. The van der Waals surface area contributed by atoms with Gasteiger partial charge in [-0.15, -0.1) is 0 Å². The standard InChI is InChI=1S/C20H21FN6O2/c1-13-2-3-15(10-16(13)21)26-20(29)19(28)25-12-14-4-8-27(9-5-14)18-17(11-22)23-6-7-24-18/h2-3,6-7,10,14H,4-5,8-9,12H2,1H3,(H,25,28)(H,26,29). The van der Waals surface area contributed by atoms with E-state index in [1.54, 1.807) is 19.2 Å². The molecule has 2 amide bonds. The lowest BCUT2D eigenvalue weighted by molar-refractivity contribution is -0.136. The lowest BCUT2D eigenvalue weighted by atomic mass is 9.96. The van der Waals surface area contributed by atoms with E-state index in [2.05, 4.69) is 20.6 Å². The van der Waals surface area contributed by atoms with Gasteiger partial charge >= 0.3 is 11.8 Å². The summed E-state index contributed by atoms with van der Waals surface area (Å²) in [5.41, 5.74) is 0.990. The first kappa shape index (κ1) is 20.2. The Kier molecular flexibility index (Phi) is 6.34. The average Bonchev–Trinajstić information content (AvgIpc) is 2.75. The number of amides is 2. The van der Waals surface area contributed by atoms with Gasteiger partial charge in [0, 0.05) is 37.7 Å². The van der Waals surface area contributed by atoms with Crippen LogP contribution in [-0.2, 0) is 9.59 Å². The van der Waals surface area contributed by atoms with E-state index in [0.29, 0.717) is 36.7 Å². The number of nitriles is 1. The smallest absolute Gasteiger partial charge is 0.313 e. The van der Waals surface area contributed by atoms with Crippen molar-refractivity contribution in [1.29, 1.82) is 5.26 Å². The zero-order valence-electron chi connectivity index (χ0n) is 16.0. The van der Waals surface area contributed by atoms with Gasteiger partial charge in [-0.05, 0) is 43.4 Å². The van der Waals surface area contributed by atoms with Crippen molar-refractivity contribution in [2.24, 2.45) is 5.92 Å². The van der Waals surface area contributed by atoms with Gasteiger partial charge in [0.1, 0.15) is 11.9 Å². The molecular formula is C20H21FN6O2. The Morgan fingerprint density at radius 2 is 1.97 bits per heavy atom. The van der Waals surface area contributed by atoms with Crippen LogP contribution in [0.2, 0.25) is 0 Å². The highest BCUT2D eigenvalue weighted by molar-refractivity contribution is 6.39. The third kappa shape index (κ3) is 5.04. The van der Waals surface area contributed by atoms with E-state index in [1.165, 1.54) is 18.3 Å². The lowest BCUT2D eigenvalue weighted by Crippen LogP contribution is -2.42. The van der Waals surface area contributed by atoms with Crippen LogP contribution in [-0.4, -0.2) is 41.4 Å². The molecule has 0 saturated carbocycles. The van der Waals surface area contributed by atoms with Crippen LogP contribution in [0.15, 0.2) is 30.6 Å². The second-order valence-electron chi connectivity index (χ2n) is 6.90. The van der Waals surface area contributed by atoms with Crippen LogP contribution in [0.3, 0.4) is 0 Å². The Bertz CT molecular complexity index is 950. The molecular weight excluding hydrogens is 375 g/mol. The molecule has 0 spiro atoms. The Morgan fingerprint density at radius 3 is 2.66 bits per heavy atom. The summed E-state index contributed by atoms with van der Waals surface area (Å²) in [5, 5.41) is 14.2. The third-order valence-corrected chi connectivity index (χ3v) is 4.89. The first-order valence-electron chi connectivity index (χ1n) is 9.29. The second kappa shape index (κ2) is 9.10. The summed E-state index contributed by atoms with van der Waals surface area (Å²) in [5.74, 6) is -1.25. The van der Waals surface area contributed by atoms with Crippen molar-refractivity contribution in [2.75, 3.05) is 29.9 Å². The fourth-order valence-corrected chi connectivity index (χ4v) is 3.17. The van der Waals surface area contributed by atoms with Crippen molar-refractivity contribution in [1.82, 2.24) is 15.3 Å². The molecule has 0 bridgehead atoms. The number of hydrogen-bond acceptors (Lipinski definition) is 6. The summed E-state index contributed by atoms with van der Waals surface area (Å²) < 4.78 is 13.5. The number of carbonyl (C=O) groups is 2. The van der Waals surface area contributed by atoms with E-state index < -0.39 is 17.6 Å². The number of piperidine rings is 1. The molecule has 2 aromatic rings. The second-order valence-corrected chi connectivity index (χ2v) is 6.90. The van der Waals surface area contributed by atoms with Gasteiger partial charge in [-0.25, -0.2) is 14.4 Å². The van der Waals surface area contributed by atoms with Crippen LogP contribution in [0.4, 0.5) is 15.9 Å². The largest absolute Gasteiger partial charge is 0.354 e. The zero-order chi connectivity index (χ0) is 20.8. The number of aryl methyl sites for hydroxylation is 1. The number of carbonyl (C=O) groups excluding carboxylic acids is 2. The summed E-state index contributed by atoms with van der Waals surface area (Å²) in [4.78, 5) is 34.3. The minimum absolute atomic E-state index is 0.210. The Balaban J connectivity index is 1.46. The molecule has 1 fully saturated rings. The van der Waals surface area contributed by atoms with Crippen molar-refractivity contribution < 1.29 is 14.0 Å². The van der Waals surface area contributed by atoms with Gasteiger partial charge in [0.25, 0.3) is 0 Å². The number of aromatic nitrogens is 2. The zero-order valence-corrected chi connectivity index (χ0v) is 16.0. The van der Waals surface area contributed by atoms with E-state index in [1.807, 2.05) is 11.0 Å². The van der Waals surface area contributed by atoms with Gasteiger partial charge in [0.2, 0.25) is 0 Å². The van der Waals surface area contributed by atoms with Gasteiger partial charge in [-0.3, -0.25) is 9.59 Å². The molecule has 3 rings (SSSR count). The first-order chi connectivity index (χ1) is 14.0. The van der Waals surface area contributed by atoms with Crippen molar-refractivity contribution >= 4 is 23.3 Å². The highest BCUT2D eigenvalue weighted by Gasteiger charge is 2.23. The summed E-state index contributed by atoms with van der Waals surface area (Å²) >= 11 is 0. The molecule has 1 aromatic heterocycles. The maximum atomic E-state index is 13.5. The average molecular weight is 396 g/mol. The molecule has 0 aliphatic carbocycles. The number of nitrogens with zero attached hydrogens (tertiary/aromatic N) is 4. The molecule has 1 aliphatic heterocycles. The topological polar surface area (TPSA) is 111 Å². The van der Waals surface area contributed by atoms with Gasteiger partial charge in [0.15, 0.2) is 11.5 Å². The van der Waals surface area contributed by atoms with Crippen molar-refractivity contribution in [3.63, 3.8) is 0 Å². The predicted molar refractivity (Wildman–Crippen MR) is 104 cm³/mol. The van der Waals surface area contributed by atoms with E-state index in [0.717, 1.165) is 12.8 Å². The SMILES string of the molecule is Cc1ccc(NC(=O)C(=O)NCC2CCN(c3nccnc3C#N)CC2)cc1F. The summed E-state index contributed by atoms with van der Waals surface area (Å²) in [6.07, 6.45) is 4.61. The number of anilines is 2. The van der Waals surface area contributed by atoms with E-state index in [9.17, 15) is 14.0 Å². The van der Waals surface area contributed by atoms with Crippen LogP contribution < -0.4 is 15.5 Å². The molecule has 9 heteroatoms. The van der Waals surface area contributed by atoms with E-state index >= 15 is 0 Å². The fraction of sp³-hybridized carbons (Fsp3) is 0.350. The van der Waals surface area contributed by atoms with Crippen LogP contribution in [0, 0.1) is 30.0 Å². The summed E-state index contributed by atoms with van der Waals surface area (Å²) in [6.45, 7) is 3.35. The molecule has 2 N–H and O–H groups in total. The van der Waals surface area contributed by atoms with Crippen molar-refractivity contribution in [3.05, 3.63) is 47.7 Å². The van der Waals surface area contributed by atoms with Gasteiger partial charge in [-0.1, -0.05) is 6.07 Å². The summed E-state index contributed by atoms with van der Waals surface area (Å²) in [6, 6.07) is 6.30. The normalized spacial score (nSPS) is 14.2. The van der Waals surface area contributed by atoms with Crippen LogP contribution in [0.5, 0.6) is 0 Å². The highest BCUT2D eigenvalue weighted by atomic mass is 19.1. The molecule has 150 valence electrons. The molecule has 2 heterocycles. The number of benzene rings is 1. The minimum Gasteiger partial charge on any atom is -0.354 e. The molecule has 1 aliphatic rings. The van der Waals surface area contributed by atoms with Gasteiger partial charge < -0.3 is 15.5 Å². The Labute approximate surface area is 167 Å². The maximum Gasteiger partial charge on any atom is 0.313 e. The predicted octanol–water partition coefficient (Wildman–Crippen LogP) is 1.77. The molecule has 1 aromatic carbocycles. The molecule has 0 unspecified atom stereocenters. The first-order valence-corrected chi connectivity index (χ1v) is 9.29. The number of hydrogen-bond donors (Lipinski definition) is 2. The third-order valence-electron chi connectivity index (χ3n) is 4.89. The number of halogens is 1. The van der Waals surface area contributed by atoms with Crippen LogP contribution in [0.1, 0.15) is 24.1 Å². The number of nitrogens with one attached hydrogen (secondary N) is 2. The number of rotatable bonds is 4. The lowest BCUT2D eigenvalue weighted by Gasteiger charge is -2.32. The van der Waals surface area contributed by atoms with E-state index in [-0.39, 0.29) is 11.6 Å².